The Morgan fingerprint density at radius 2 is 1.74 bits per heavy atom. The minimum absolute atomic E-state index is 0.0293. The number of imidazole rings is 1. The number of hydrogen-bond donors (Lipinski definition) is 1. The molecule has 180 valence electrons. The summed E-state index contributed by atoms with van der Waals surface area (Å²) in [5.41, 5.74) is 2.68. The maximum absolute atomic E-state index is 13.5. The second-order valence-electron chi connectivity index (χ2n) is 8.31. The molecule has 1 aliphatic heterocycles. The summed E-state index contributed by atoms with van der Waals surface area (Å²) in [6.45, 7) is 0.847. The summed E-state index contributed by atoms with van der Waals surface area (Å²) in [6, 6.07) is 10.6. The van der Waals surface area contributed by atoms with Crippen LogP contribution in [0.25, 0.3) is 28.3 Å². The summed E-state index contributed by atoms with van der Waals surface area (Å²) in [5.74, 6) is -1.59. The SMILES string of the molecule is O=C(O)N1CCC(c2ccn3c(-c4ccnc(C(F)(F)F)n4)c(-c4ccc(F)cc4)nc3c2)CC1. The van der Waals surface area contributed by atoms with Gasteiger partial charge >= 0.3 is 12.3 Å². The van der Waals surface area contributed by atoms with Crippen LogP contribution in [0.3, 0.4) is 0 Å². The van der Waals surface area contributed by atoms with Gasteiger partial charge in [0, 0.05) is 31.0 Å². The standard InChI is InChI=1S/C24H19F4N5O2/c25-17-3-1-15(2-4-17)20-21(18-5-9-29-22(30-18)24(26,27)28)33-12-8-16(13-19(33)31-20)14-6-10-32(11-7-14)23(34)35/h1-5,8-9,12-14H,6-7,10-11H2,(H,34,35). The van der Waals surface area contributed by atoms with E-state index in [1.165, 1.54) is 35.2 Å². The molecule has 1 saturated heterocycles. The predicted molar refractivity (Wildman–Crippen MR) is 118 cm³/mol. The van der Waals surface area contributed by atoms with Crippen molar-refractivity contribution in [3.8, 4) is 22.6 Å². The van der Waals surface area contributed by atoms with Gasteiger partial charge in [-0.1, -0.05) is 0 Å². The highest BCUT2D eigenvalue weighted by atomic mass is 19.4. The third-order valence-electron chi connectivity index (χ3n) is 6.16. The Bertz CT molecular complexity index is 1390. The quantitative estimate of drug-likeness (QED) is 0.389. The first-order valence-electron chi connectivity index (χ1n) is 10.9. The van der Waals surface area contributed by atoms with E-state index in [-0.39, 0.29) is 11.6 Å². The number of rotatable bonds is 3. The average molecular weight is 485 g/mol. The largest absolute Gasteiger partial charge is 0.465 e. The molecule has 1 N–H and O–H groups in total. The number of hydrogen-bond acceptors (Lipinski definition) is 4. The van der Waals surface area contributed by atoms with Crippen LogP contribution < -0.4 is 0 Å². The highest BCUT2D eigenvalue weighted by molar-refractivity contribution is 5.80. The van der Waals surface area contributed by atoms with E-state index in [2.05, 4.69) is 15.0 Å². The molecule has 5 rings (SSSR count). The molecule has 1 amide bonds. The molecule has 0 atom stereocenters. The van der Waals surface area contributed by atoms with Gasteiger partial charge in [-0.3, -0.25) is 4.40 Å². The summed E-state index contributed by atoms with van der Waals surface area (Å²) in [7, 11) is 0. The van der Waals surface area contributed by atoms with Crippen molar-refractivity contribution in [3.63, 3.8) is 0 Å². The molecule has 1 aliphatic rings. The lowest BCUT2D eigenvalue weighted by molar-refractivity contribution is -0.144. The van der Waals surface area contributed by atoms with E-state index in [1.807, 2.05) is 12.1 Å². The van der Waals surface area contributed by atoms with Crippen LogP contribution in [0.2, 0.25) is 0 Å². The van der Waals surface area contributed by atoms with Crippen molar-refractivity contribution in [2.75, 3.05) is 13.1 Å². The molecule has 0 radical (unpaired) electrons. The van der Waals surface area contributed by atoms with Gasteiger partial charge in [-0.15, -0.1) is 0 Å². The maximum atomic E-state index is 13.5. The topological polar surface area (TPSA) is 83.6 Å². The fraction of sp³-hybridized carbons (Fsp3) is 0.250. The van der Waals surface area contributed by atoms with Gasteiger partial charge in [0.15, 0.2) is 0 Å². The molecule has 0 aliphatic carbocycles. The van der Waals surface area contributed by atoms with E-state index < -0.39 is 23.9 Å². The second-order valence-corrected chi connectivity index (χ2v) is 8.31. The van der Waals surface area contributed by atoms with Crippen LogP contribution in [0.5, 0.6) is 0 Å². The molecule has 3 aromatic heterocycles. The van der Waals surface area contributed by atoms with Gasteiger partial charge in [-0.25, -0.2) is 24.1 Å². The van der Waals surface area contributed by atoms with Gasteiger partial charge in [0.2, 0.25) is 5.82 Å². The normalized spacial score (nSPS) is 15.0. The second kappa shape index (κ2) is 8.64. The highest BCUT2D eigenvalue weighted by Gasteiger charge is 2.35. The predicted octanol–water partition coefficient (Wildman–Crippen LogP) is 5.47. The van der Waals surface area contributed by atoms with Crippen LogP contribution in [-0.2, 0) is 6.18 Å². The third-order valence-corrected chi connectivity index (χ3v) is 6.16. The number of piperidine rings is 1. The Morgan fingerprint density at radius 1 is 1.03 bits per heavy atom. The number of carbonyl (C=O) groups is 1. The van der Waals surface area contributed by atoms with Crippen LogP contribution in [0.4, 0.5) is 22.4 Å². The van der Waals surface area contributed by atoms with Crippen molar-refractivity contribution >= 4 is 11.7 Å². The van der Waals surface area contributed by atoms with Gasteiger partial charge < -0.3 is 10.0 Å². The Morgan fingerprint density at radius 3 is 2.40 bits per heavy atom. The van der Waals surface area contributed by atoms with E-state index in [4.69, 9.17) is 0 Å². The number of pyridine rings is 1. The lowest BCUT2D eigenvalue weighted by Gasteiger charge is -2.30. The fourth-order valence-electron chi connectivity index (χ4n) is 4.40. The highest BCUT2D eigenvalue weighted by Crippen LogP contribution is 2.36. The van der Waals surface area contributed by atoms with Gasteiger partial charge in [0.1, 0.15) is 11.5 Å². The fourth-order valence-corrected chi connectivity index (χ4v) is 4.40. The summed E-state index contributed by atoms with van der Waals surface area (Å²) < 4.78 is 55.1. The first-order chi connectivity index (χ1) is 16.7. The van der Waals surface area contributed by atoms with Gasteiger partial charge in [-0.2, -0.15) is 13.2 Å². The number of likely N-dealkylation sites (tertiary alicyclic amines) is 1. The molecule has 0 unspecified atom stereocenters. The summed E-state index contributed by atoms with van der Waals surface area (Å²) in [6.07, 6.45) is -1.58. The lowest BCUT2D eigenvalue weighted by atomic mass is 9.90. The summed E-state index contributed by atoms with van der Waals surface area (Å²) >= 11 is 0. The van der Waals surface area contributed by atoms with E-state index in [0.717, 1.165) is 11.8 Å². The number of amides is 1. The molecule has 35 heavy (non-hydrogen) atoms. The molecule has 7 nitrogen and oxygen atoms in total. The van der Waals surface area contributed by atoms with Crippen LogP contribution in [0.15, 0.2) is 54.9 Å². The van der Waals surface area contributed by atoms with Gasteiger partial charge in [0.05, 0.1) is 17.1 Å². The van der Waals surface area contributed by atoms with Crippen LogP contribution >= 0.6 is 0 Å². The molecule has 0 spiro atoms. The smallest absolute Gasteiger partial charge is 0.451 e. The van der Waals surface area contributed by atoms with E-state index >= 15 is 0 Å². The van der Waals surface area contributed by atoms with Gasteiger partial charge in [-0.05, 0) is 66.8 Å². The molecule has 11 heteroatoms. The van der Waals surface area contributed by atoms with Crippen LogP contribution in [-0.4, -0.2) is 48.5 Å². The first-order valence-corrected chi connectivity index (χ1v) is 10.9. The maximum Gasteiger partial charge on any atom is 0.451 e. The van der Waals surface area contributed by atoms with E-state index in [0.29, 0.717) is 48.5 Å². The monoisotopic (exact) mass is 485 g/mol. The zero-order valence-corrected chi connectivity index (χ0v) is 18.2. The molecular formula is C24H19F4N5O2. The first kappa shape index (κ1) is 22.8. The van der Waals surface area contributed by atoms with Crippen molar-refractivity contribution in [3.05, 3.63) is 72.1 Å². The summed E-state index contributed by atoms with van der Waals surface area (Å²) in [4.78, 5) is 24.3. The Kier molecular flexibility index (Phi) is 5.62. The average Bonchev–Trinajstić information content (AvgIpc) is 3.23. The van der Waals surface area contributed by atoms with Crippen molar-refractivity contribution in [2.45, 2.75) is 24.9 Å². The zero-order valence-electron chi connectivity index (χ0n) is 18.2. The molecule has 1 aromatic carbocycles. The number of fused-ring (bicyclic) bond motifs is 1. The Balaban J connectivity index is 1.62. The number of benzene rings is 1. The number of nitrogens with zero attached hydrogens (tertiary/aromatic N) is 5. The molecular weight excluding hydrogens is 466 g/mol. The number of alkyl halides is 3. The lowest BCUT2D eigenvalue weighted by Crippen LogP contribution is -2.36. The Labute approximate surface area is 196 Å². The van der Waals surface area contributed by atoms with Crippen LogP contribution in [0.1, 0.15) is 30.1 Å². The van der Waals surface area contributed by atoms with Gasteiger partial charge in [0.25, 0.3) is 0 Å². The van der Waals surface area contributed by atoms with Crippen LogP contribution in [0, 0.1) is 5.82 Å². The van der Waals surface area contributed by atoms with Crippen molar-refractivity contribution < 1.29 is 27.5 Å². The molecule has 4 heterocycles. The third kappa shape index (κ3) is 4.41. The minimum Gasteiger partial charge on any atom is -0.465 e. The van der Waals surface area contributed by atoms with Crippen molar-refractivity contribution in [1.29, 1.82) is 0 Å². The van der Waals surface area contributed by atoms with Crippen molar-refractivity contribution in [1.82, 2.24) is 24.3 Å². The van der Waals surface area contributed by atoms with E-state index in [1.54, 1.807) is 10.6 Å². The van der Waals surface area contributed by atoms with Crippen molar-refractivity contribution in [2.24, 2.45) is 0 Å². The minimum atomic E-state index is -4.72. The molecule has 0 saturated carbocycles. The number of aromatic nitrogens is 4. The number of halogens is 4. The number of carboxylic acid groups (broad SMARTS) is 1. The zero-order chi connectivity index (χ0) is 24.7. The van der Waals surface area contributed by atoms with E-state index in [9.17, 15) is 27.5 Å². The molecule has 4 aromatic rings. The molecule has 0 bridgehead atoms. The molecule has 1 fully saturated rings. The Hall–Kier alpha value is -4.02. The summed E-state index contributed by atoms with van der Waals surface area (Å²) in [5, 5.41) is 9.18.